The van der Waals surface area contributed by atoms with E-state index in [2.05, 4.69) is 55.3 Å². The molecule has 1 saturated heterocycles. The molecule has 2 rings (SSSR count). The van der Waals surface area contributed by atoms with Crippen LogP contribution in [-0.4, -0.2) is 18.6 Å². The molecule has 1 aromatic carbocycles. The number of nitrogens with zero attached hydrogens (tertiary/aromatic N) is 1. The fourth-order valence-corrected chi connectivity index (χ4v) is 2.71. The molecule has 2 nitrogen and oxygen atoms in total. The Kier molecular flexibility index (Phi) is 4.65. The standard InChI is InChI=1S/C16H26N2/c1-13(2)17-12-15-9-4-5-10-16(15)18-11-7-6-8-14(18)3/h4-5,9-10,13-14,17H,6-8,11-12H2,1-3H3. The average Bonchev–Trinajstić information content (AvgIpc) is 2.37. The summed E-state index contributed by atoms with van der Waals surface area (Å²) in [4.78, 5) is 2.58. The maximum Gasteiger partial charge on any atom is 0.0414 e. The molecule has 1 aliphatic rings. The van der Waals surface area contributed by atoms with E-state index in [9.17, 15) is 0 Å². The minimum absolute atomic E-state index is 0.539. The molecule has 1 N–H and O–H groups in total. The van der Waals surface area contributed by atoms with Crippen molar-refractivity contribution in [1.29, 1.82) is 0 Å². The van der Waals surface area contributed by atoms with Crippen LogP contribution < -0.4 is 10.2 Å². The third-order valence-corrected chi connectivity index (χ3v) is 3.80. The maximum atomic E-state index is 3.53. The maximum absolute atomic E-state index is 3.53. The van der Waals surface area contributed by atoms with Crippen molar-refractivity contribution in [2.24, 2.45) is 0 Å². The van der Waals surface area contributed by atoms with Gasteiger partial charge in [0.25, 0.3) is 0 Å². The van der Waals surface area contributed by atoms with Crippen LogP contribution in [-0.2, 0) is 6.54 Å². The molecule has 1 heterocycles. The van der Waals surface area contributed by atoms with Crippen molar-refractivity contribution in [3.63, 3.8) is 0 Å². The Morgan fingerprint density at radius 2 is 2.06 bits per heavy atom. The van der Waals surface area contributed by atoms with Gasteiger partial charge < -0.3 is 10.2 Å². The highest BCUT2D eigenvalue weighted by atomic mass is 15.2. The minimum atomic E-state index is 0.539. The fraction of sp³-hybridized carbons (Fsp3) is 0.625. The van der Waals surface area contributed by atoms with Gasteiger partial charge in [-0.3, -0.25) is 0 Å². The molecule has 0 saturated carbocycles. The Morgan fingerprint density at radius 3 is 2.78 bits per heavy atom. The molecule has 0 aromatic heterocycles. The quantitative estimate of drug-likeness (QED) is 0.874. The largest absolute Gasteiger partial charge is 0.369 e. The molecule has 1 aliphatic heterocycles. The van der Waals surface area contributed by atoms with Crippen LogP contribution in [0.4, 0.5) is 5.69 Å². The first-order valence-electron chi connectivity index (χ1n) is 7.26. The van der Waals surface area contributed by atoms with E-state index in [4.69, 9.17) is 0 Å². The number of rotatable bonds is 4. The van der Waals surface area contributed by atoms with Gasteiger partial charge in [-0.05, 0) is 37.8 Å². The summed E-state index contributed by atoms with van der Waals surface area (Å²) in [5, 5.41) is 3.53. The topological polar surface area (TPSA) is 15.3 Å². The summed E-state index contributed by atoms with van der Waals surface area (Å²) in [5.41, 5.74) is 2.86. The summed E-state index contributed by atoms with van der Waals surface area (Å²) >= 11 is 0. The summed E-state index contributed by atoms with van der Waals surface area (Å²) in [6.07, 6.45) is 4.03. The van der Waals surface area contributed by atoms with Gasteiger partial charge in [-0.15, -0.1) is 0 Å². The van der Waals surface area contributed by atoms with E-state index in [0.29, 0.717) is 12.1 Å². The lowest BCUT2D eigenvalue weighted by Crippen LogP contribution is -2.38. The number of anilines is 1. The molecule has 0 bridgehead atoms. The van der Waals surface area contributed by atoms with Crippen molar-refractivity contribution in [1.82, 2.24) is 5.32 Å². The van der Waals surface area contributed by atoms with Gasteiger partial charge in [0.1, 0.15) is 0 Å². The number of piperidine rings is 1. The van der Waals surface area contributed by atoms with E-state index >= 15 is 0 Å². The zero-order chi connectivity index (χ0) is 13.0. The number of hydrogen-bond acceptors (Lipinski definition) is 2. The number of hydrogen-bond donors (Lipinski definition) is 1. The van der Waals surface area contributed by atoms with Gasteiger partial charge >= 0.3 is 0 Å². The minimum Gasteiger partial charge on any atom is -0.369 e. The third-order valence-electron chi connectivity index (χ3n) is 3.80. The molecular formula is C16H26N2. The second kappa shape index (κ2) is 6.24. The first-order chi connectivity index (χ1) is 8.68. The fourth-order valence-electron chi connectivity index (χ4n) is 2.71. The molecular weight excluding hydrogens is 220 g/mol. The summed E-state index contributed by atoms with van der Waals surface area (Å²) in [6.45, 7) is 8.93. The van der Waals surface area contributed by atoms with Gasteiger partial charge in [0.05, 0.1) is 0 Å². The normalized spacial score (nSPS) is 20.4. The third kappa shape index (κ3) is 3.26. The number of nitrogens with one attached hydrogen (secondary N) is 1. The van der Waals surface area contributed by atoms with Crippen LogP contribution in [0.15, 0.2) is 24.3 Å². The molecule has 100 valence electrons. The van der Waals surface area contributed by atoms with Crippen LogP contribution >= 0.6 is 0 Å². The van der Waals surface area contributed by atoms with E-state index in [1.807, 2.05) is 0 Å². The molecule has 1 aromatic rings. The summed E-state index contributed by atoms with van der Waals surface area (Å²) in [6, 6.07) is 10.1. The summed E-state index contributed by atoms with van der Waals surface area (Å²) in [5.74, 6) is 0. The van der Waals surface area contributed by atoms with Crippen LogP contribution in [0, 0.1) is 0 Å². The van der Waals surface area contributed by atoms with E-state index < -0.39 is 0 Å². The van der Waals surface area contributed by atoms with Crippen molar-refractivity contribution in [3.8, 4) is 0 Å². The zero-order valence-electron chi connectivity index (χ0n) is 11.9. The highest BCUT2D eigenvalue weighted by Crippen LogP contribution is 2.27. The predicted octanol–water partition coefficient (Wildman–Crippen LogP) is 3.56. The number of benzene rings is 1. The molecule has 1 unspecified atom stereocenters. The molecule has 1 fully saturated rings. The Bertz CT molecular complexity index is 373. The van der Waals surface area contributed by atoms with E-state index in [1.165, 1.54) is 37.1 Å². The molecule has 0 radical (unpaired) electrons. The van der Waals surface area contributed by atoms with Gasteiger partial charge in [-0.2, -0.15) is 0 Å². The van der Waals surface area contributed by atoms with E-state index in [-0.39, 0.29) is 0 Å². The van der Waals surface area contributed by atoms with E-state index in [0.717, 1.165) is 6.54 Å². The second-order valence-electron chi connectivity index (χ2n) is 5.70. The Labute approximate surface area is 111 Å². The first-order valence-corrected chi connectivity index (χ1v) is 7.26. The van der Waals surface area contributed by atoms with Gasteiger partial charge in [-0.25, -0.2) is 0 Å². The van der Waals surface area contributed by atoms with Crippen LogP contribution in [0.3, 0.4) is 0 Å². The van der Waals surface area contributed by atoms with Gasteiger partial charge in [0.15, 0.2) is 0 Å². The lowest BCUT2D eigenvalue weighted by molar-refractivity contribution is 0.482. The molecule has 1 atom stereocenters. The molecule has 0 amide bonds. The highest BCUT2D eigenvalue weighted by molar-refractivity contribution is 5.54. The van der Waals surface area contributed by atoms with E-state index in [1.54, 1.807) is 0 Å². The molecule has 0 spiro atoms. The van der Waals surface area contributed by atoms with Crippen LogP contribution in [0.5, 0.6) is 0 Å². The monoisotopic (exact) mass is 246 g/mol. The van der Waals surface area contributed by atoms with Gasteiger partial charge in [0, 0.05) is 30.9 Å². The van der Waals surface area contributed by atoms with Gasteiger partial charge in [-0.1, -0.05) is 32.0 Å². The smallest absolute Gasteiger partial charge is 0.0414 e. The van der Waals surface area contributed by atoms with Crippen molar-refractivity contribution in [2.75, 3.05) is 11.4 Å². The average molecular weight is 246 g/mol. The van der Waals surface area contributed by atoms with Crippen molar-refractivity contribution < 1.29 is 0 Å². The summed E-state index contributed by atoms with van der Waals surface area (Å²) in [7, 11) is 0. The van der Waals surface area contributed by atoms with Crippen molar-refractivity contribution >= 4 is 5.69 Å². The van der Waals surface area contributed by atoms with Crippen LogP contribution in [0.25, 0.3) is 0 Å². The Balaban J connectivity index is 2.15. The van der Waals surface area contributed by atoms with Gasteiger partial charge in [0.2, 0.25) is 0 Å². The second-order valence-corrected chi connectivity index (χ2v) is 5.70. The van der Waals surface area contributed by atoms with Crippen LogP contribution in [0.1, 0.15) is 45.6 Å². The number of para-hydroxylation sites is 1. The summed E-state index contributed by atoms with van der Waals surface area (Å²) < 4.78 is 0. The SMILES string of the molecule is CC(C)NCc1ccccc1N1CCCCC1C. The zero-order valence-corrected chi connectivity index (χ0v) is 11.9. The Hall–Kier alpha value is -1.02. The first kappa shape index (κ1) is 13.4. The molecule has 0 aliphatic carbocycles. The lowest BCUT2D eigenvalue weighted by atomic mass is 10.0. The van der Waals surface area contributed by atoms with Crippen molar-refractivity contribution in [2.45, 2.75) is 58.7 Å². The highest BCUT2D eigenvalue weighted by Gasteiger charge is 2.20. The molecule has 18 heavy (non-hydrogen) atoms. The van der Waals surface area contributed by atoms with Crippen LogP contribution in [0.2, 0.25) is 0 Å². The lowest BCUT2D eigenvalue weighted by Gasteiger charge is -2.36. The van der Waals surface area contributed by atoms with Crippen molar-refractivity contribution in [3.05, 3.63) is 29.8 Å². The molecule has 2 heteroatoms. The predicted molar refractivity (Wildman–Crippen MR) is 79.1 cm³/mol. The Morgan fingerprint density at radius 1 is 1.28 bits per heavy atom.